The Bertz CT molecular complexity index is 533. The molecular formula is C18H26N2O. The average Bonchev–Trinajstić information content (AvgIpc) is 2.81. The first kappa shape index (κ1) is 15.9. The van der Waals surface area contributed by atoms with Gasteiger partial charge in [-0.15, -0.1) is 0 Å². The summed E-state index contributed by atoms with van der Waals surface area (Å²) < 4.78 is 6.01. The molecule has 0 amide bonds. The van der Waals surface area contributed by atoms with Gasteiger partial charge in [-0.05, 0) is 55.2 Å². The molecule has 0 bridgehead atoms. The predicted molar refractivity (Wildman–Crippen MR) is 85.3 cm³/mol. The molecule has 2 unspecified atom stereocenters. The molecule has 0 aromatic heterocycles. The number of benzene rings is 1. The number of hydrogen-bond acceptors (Lipinski definition) is 3. The molecular weight excluding hydrogens is 260 g/mol. The van der Waals surface area contributed by atoms with E-state index in [1.54, 1.807) is 0 Å². The van der Waals surface area contributed by atoms with E-state index >= 15 is 0 Å². The van der Waals surface area contributed by atoms with Crippen LogP contribution < -0.4 is 10.5 Å². The highest BCUT2D eigenvalue weighted by molar-refractivity contribution is 5.39. The van der Waals surface area contributed by atoms with E-state index in [9.17, 15) is 5.26 Å². The smallest absolute Gasteiger partial charge is 0.122 e. The van der Waals surface area contributed by atoms with Gasteiger partial charge < -0.3 is 10.5 Å². The maximum absolute atomic E-state index is 9.25. The van der Waals surface area contributed by atoms with E-state index in [-0.39, 0.29) is 5.92 Å². The van der Waals surface area contributed by atoms with Crippen LogP contribution in [-0.2, 0) is 0 Å². The summed E-state index contributed by atoms with van der Waals surface area (Å²) in [5, 5.41) is 9.25. The van der Waals surface area contributed by atoms with Crippen LogP contribution in [0.4, 0.5) is 0 Å². The number of ether oxygens (including phenoxy) is 1. The Morgan fingerprint density at radius 2 is 2.24 bits per heavy atom. The number of nitrogens with zero attached hydrogens (tertiary/aromatic N) is 1. The largest absolute Gasteiger partial charge is 0.493 e. The van der Waals surface area contributed by atoms with Crippen molar-refractivity contribution in [1.29, 1.82) is 5.26 Å². The number of rotatable bonds is 5. The van der Waals surface area contributed by atoms with Crippen LogP contribution >= 0.6 is 0 Å². The zero-order valence-electron chi connectivity index (χ0n) is 13.4. The lowest BCUT2D eigenvalue weighted by atomic mass is 9.87. The molecule has 3 heteroatoms. The van der Waals surface area contributed by atoms with E-state index in [1.165, 1.54) is 11.1 Å². The first-order valence-corrected chi connectivity index (χ1v) is 7.90. The van der Waals surface area contributed by atoms with Gasteiger partial charge in [-0.25, -0.2) is 0 Å². The molecule has 1 aliphatic rings. The van der Waals surface area contributed by atoms with Crippen LogP contribution in [0.15, 0.2) is 18.2 Å². The fraction of sp³-hybridized carbons (Fsp3) is 0.611. The minimum Gasteiger partial charge on any atom is -0.493 e. The summed E-state index contributed by atoms with van der Waals surface area (Å²) in [6.07, 6.45) is 3.76. The van der Waals surface area contributed by atoms with E-state index < -0.39 is 5.54 Å². The number of hydrogen-bond donors (Lipinski definition) is 1. The minimum atomic E-state index is -0.642. The zero-order chi connectivity index (χ0) is 15.5. The fourth-order valence-electron chi connectivity index (χ4n) is 3.21. The van der Waals surface area contributed by atoms with E-state index in [1.807, 2.05) is 0 Å². The molecule has 1 aromatic rings. The molecule has 21 heavy (non-hydrogen) atoms. The van der Waals surface area contributed by atoms with Crippen LogP contribution in [0.5, 0.6) is 5.75 Å². The monoisotopic (exact) mass is 286 g/mol. The highest BCUT2D eigenvalue weighted by Crippen LogP contribution is 2.36. The SMILES string of the molecule is Cc1ccc(C(C)C)c(OCCC2CCCC2(N)C#N)c1. The van der Waals surface area contributed by atoms with E-state index in [0.717, 1.165) is 31.4 Å². The minimum absolute atomic E-state index is 0.259. The highest BCUT2D eigenvalue weighted by atomic mass is 16.5. The molecule has 0 heterocycles. The van der Waals surface area contributed by atoms with Crippen molar-refractivity contribution in [1.82, 2.24) is 0 Å². The third-order valence-corrected chi connectivity index (χ3v) is 4.59. The quantitative estimate of drug-likeness (QED) is 0.892. The highest BCUT2D eigenvalue weighted by Gasteiger charge is 2.39. The molecule has 114 valence electrons. The summed E-state index contributed by atoms with van der Waals surface area (Å²) in [6, 6.07) is 8.67. The Morgan fingerprint density at radius 3 is 2.90 bits per heavy atom. The van der Waals surface area contributed by atoms with Crippen molar-refractivity contribution in [2.24, 2.45) is 11.7 Å². The molecule has 1 aromatic carbocycles. The van der Waals surface area contributed by atoms with Crippen LogP contribution in [0.25, 0.3) is 0 Å². The van der Waals surface area contributed by atoms with Crippen LogP contribution in [0, 0.1) is 24.2 Å². The standard InChI is InChI=1S/C18H26N2O/c1-13(2)16-7-6-14(3)11-17(16)21-10-8-15-5-4-9-18(15,20)12-19/h6-7,11,13,15H,4-5,8-10,20H2,1-3H3. The van der Waals surface area contributed by atoms with Crippen molar-refractivity contribution in [3.8, 4) is 11.8 Å². The Morgan fingerprint density at radius 1 is 1.48 bits per heavy atom. The number of nitrogens with two attached hydrogens (primary N) is 1. The fourth-order valence-corrected chi connectivity index (χ4v) is 3.21. The predicted octanol–water partition coefficient (Wildman–Crippen LogP) is 3.91. The summed E-state index contributed by atoms with van der Waals surface area (Å²) in [5.74, 6) is 1.68. The van der Waals surface area contributed by atoms with Crippen molar-refractivity contribution in [2.45, 2.75) is 57.9 Å². The van der Waals surface area contributed by atoms with Crippen molar-refractivity contribution in [3.63, 3.8) is 0 Å². The Hall–Kier alpha value is -1.53. The third-order valence-electron chi connectivity index (χ3n) is 4.59. The Balaban J connectivity index is 1.98. The zero-order valence-corrected chi connectivity index (χ0v) is 13.4. The van der Waals surface area contributed by atoms with Crippen molar-refractivity contribution < 1.29 is 4.74 Å². The molecule has 0 radical (unpaired) electrons. The van der Waals surface area contributed by atoms with Gasteiger partial charge in [0.2, 0.25) is 0 Å². The van der Waals surface area contributed by atoms with Gasteiger partial charge in [-0.1, -0.05) is 32.4 Å². The molecule has 1 fully saturated rings. The third kappa shape index (κ3) is 3.57. The second-order valence-corrected chi connectivity index (χ2v) is 6.57. The van der Waals surface area contributed by atoms with Gasteiger partial charge in [0.05, 0.1) is 12.7 Å². The van der Waals surface area contributed by atoms with Gasteiger partial charge in [-0.3, -0.25) is 0 Å². The molecule has 1 saturated carbocycles. The molecule has 2 N–H and O–H groups in total. The van der Waals surface area contributed by atoms with E-state index in [4.69, 9.17) is 10.5 Å². The molecule has 0 saturated heterocycles. The summed E-state index contributed by atoms with van der Waals surface area (Å²) in [6.45, 7) is 7.06. The lowest BCUT2D eigenvalue weighted by Gasteiger charge is -2.24. The molecule has 1 aliphatic carbocycles. The number of nitriles is 1. The normalized spacial score (nSPS) is 25.0. The van der Waals surface area contributed by atoms with Crippen LogP contribution in [0.3, 0.4) is 0 Å². The first-order chi connectivity index (χ1) is 9.96. The molecule has 0 aliphatic heterocycles. The van der Waals surface area contributed by atoms with Gasteiger partial charge >= 0.3 is 0 Å². The van der Waals surface area contributed by atoms with Gasteiger partial charge in [-0.2, -0.15) is 5.26 Å². The maximum Gasteiger partial charge on any atom is 0.122 e. The summed E-state index contributed by atoms with van der Waals surface area (Å²) >= 11 is 0. The molecule has 2 atom stereocenters. The first-order valence-electron chi connectivity index (χ1n) is 7.90. The van der Waals surface area contributed by atoms with Gasteiger partial charge in [0, 0.05) is 0 Å². The van der Waals surface area contributed by atoms with E-state index in [0.29, 0.717) is 12.5 Å². The van der Waals surface area contributed by atoms with Crippen molar-refractivity contribution >= 4 is 0 Å². The second kappa shape index (κ2) is 6.49. The van der Waals surface area contributed by atoms with Crippen molar-refractivity contribution in [2.75, 3.05) is 6.61 Å². The lowest BCUT2D eigenvalue weighted by molar-refractivity contribution is 0.252. The number of aryl methyl sites for hydroxylation is 1. The van der Waals surface area contributed by atoms with Gasteiger partial charge in [0.25, 0.3) is 0 Å². The Kier molecular flexibility index (Phi) is 4.90. The second-order valence-electron chi connectivity index (χ2n) is 6.57. The molecule has 2 rings (SSSR count). The van der Waals surface area contributed by atoms with Crippen LogP contribution in [0.2, 0.25) is 0 Å². The topological polar surface area (TPSA) is 59.0 Å². The lowest BCUT2D eigenvalue weighted by Crippen LogP contribution is -2.42. The average molecular weight is 286 g/mol. The summed E-state index contributed by atoms with van der Waals surface area (Å²) in [4.78, 5) is 0. The van der Waals surface area contributed by atoms with Crippen molar-refractivity contribution in [3.05, 3.63) is 29.3 Å². The van der Waals surface area contributed by atoms with Gasteiger partial charge in [0.1, 0.15) is 11.3 Å². The summed E-state index contributed by atoms with van der Waals surface area (Å²) in [7, 11) is 0. The van der Waals surface area contributed by atoms with Gasteiger partial charge in [0.15, 0.2) is 0 Å². The van der Waals surface area contributed by atoms with Crippen LogP contribution in [-0.4, -0.2) is 12.1 Å². The van der Waals surface area contributed by atoms with Crippen LogP contribution in [0.1, 0.15) is 56.6 Å². The molecule has 0 spiro atoms. The Labute approximate surface area is 128 Å². The summed E-state index contributed by atoms with van der Waals surface area (Å²) in [5.41, 5.74) is 7.98. The molecule has 3 nitrogen and oxygen atoms in total. The van der Waals surface area contributed by atoms with E-state index in [2.05, 4.69) is 45.0 Å². The maximum atomic E-state index is 9.25.